The van der Waals surface area contributed by atoms with E-state index in [-0.39, 0.29) is 0 Å². The highest BCUT2D eigenvalue weighted by atomic mass is 16.4. The van der Waals surface area contributed by atoms with E-state index >= 15 is 0 Å². The molecular formula is C32H23BO2. The maximum Gasteiger partial charge on any atom is 0.489 e. The first kappa shape index (κ1) is 21.4. The molecular weight excluding hydrogens is 427 g/mol. The number of fused-ring (bicyclic) bond motifs is 2. The summed E-state index contributed by atoms with van der Waals surface area (Å²) in [4.78, 5) is 0. The summed E-state index contributed by atoms with van der Waals surface area (Å²) in [6.07, 6.45) is 0. The Balaban J connectivity index is 1.74. The van der Waals surface area contributed by atoms with E-state index in [9.17, 15) is 10.0 Å². The van der Waals surface area contributed by atoms with E-state index in [0.717, 1.165) is 54.9 Å². The smallest absolute Gasteiger partial charge is 0.423 e. The van der Waals surface area contributed by atoms with Crippen molar-refractivity contribution in [3.63, 3.8) is 0 Å². The zero-order valence-electron chi connectivity index (χ0n) is 19.1. The zero-order chi connectivity index (χ0) is 23.8. The summed E-state index contributed by atoms with van der Waals surface area (Å²) in [6, 6.07) is 43.6. The fourth-order valence-corrected chi connectivity index (χ4v) is 5.12. The standard InChI is InChI=1S/C32H23BO2/c34-33(35)32-29-17-9-7-15-27(29)31(28-16-8-10-18-30(28)32)26-20-24(22-11-3-1-4-12-22)19-25(21-26)23-13-5-2-6-14-23/h1-21,34-35H. The molecule has 0 saturated heterocycles. The average molecular weight is 450 g/mol. The summed E-state index contributed by atoms with van der Waals surface area (Å²) >= 11 is 0. The Bertz CT molecular complexity index is 1540. The minimum Gasteiger partial charge on any atom is -0.423 e. The van der Waals surface area contributed by atoms with Gasteiger partial charge in [0.1, 0.15) is 0 Å². The maximum atomic E-state index is 10.3. The van der Waals surface area contributed by atoms with Gasteiger partial charge >= 0.3 is 7.12 Å². The van der Waals surface area contributed by atoms with Gasteiger partial charge in [0.2, 0.25) is 0 Å². The summed E-state index contributed by atoms with van der Waals surface area (Å²) in [5.74, 6) is 0. The largest absolute Gasteiger partial charge is 0.489 e. The van der Waals surface area contributed by atoms with Gasteiger partial charge in [-0.25, -0.2) is 0 Å². The van der Waals surface area contributed by atoms with Crippen LogP contribution in [0.5, 0.6) is 0 Å². The van der Waals surface area contributed by atoms with Gasteiger partial charge in [-0.2, -0.15) is 0 Å². The van der Waals surface area contributed by atoms with Gasteiger partial charge in [0.05, 0.1) is 0 Å². The van der Waals surface area contributed by atoms with Crippen LogP contribution < -0.4 is 5.46 Å². The summed E-state index contributed by atoms with van der Waals surface area (Å²) in [5, 5.41) is 24.3. The predicted molar refractivity (Wildman–Crippen MR) is 148 cm³/mol. The summed E-state index contributed by atoms with van der Waals surface area (Å²) in [7, 11) is -1.56. The minimum absolute atomic E-state index is 0.544. The Labute approximate surface area is 204 Å². The highest BCUT2D eigenvalue weighted by Gasteiger charge is 2.22. The SMILES string of the molecule is OB(O)c1c2ccccc2c(-c2cc(-c3ccccc3)cc(-c3ccccc3)c2)c2ccccc12. The molecule has 0 spiro atoms. The van der Waals surface area contributed by atoms with Crippen molar-refractivity contribution < 1.29 is 10.0 Å². The van der Waals surface area contributed by atoms with Crippen LogP contribution in [0.3, 0.4) is 0 Å². The minimum atomic E-state index is -1.56. The van der Waals surface area contributed by atoms with Crippen molar-refractivity contribution in [3.8, 4) is 33.4 Å². The third-order valence-electron chi connectivity index (χ3n) is 6.67. The molecule has 0 bridgehead atoms. The lowest BCUT2D eigenvalue weighted by molar-refractivity contribution is 0.426. The second-order valence-corrected chi connectivity index (χ2v) is 8.78. The van der Waals surface area contributed by atoms with Crippen molar-refractivity contribution in [2.75, 3.05) is 0 Å². The van der Waals surface area contributed by atoms with Gasteiger partial charge in [0.15, 0.2) is 0 Å². The van der Waals surface area contributed by atoms with Crippen molar-refractivity contribution in [2.45, 2.75) is 0 Å². The van der Waals surface area contributed by atoms with E-state index in [4.69, 9.17) is 0 Å². The number of rotatable bonds is 4. The molecule has 0 amide bonds. The van der Waals surface area contributed by atoms with Crippen molar-refractivity contribution in [1.29, 1.82) is 0 Å². The molecule has 0 aromatic heterocycles. The maximum absolute atomic E-state index is 10.3. The third-order valence-corrected chi connectivity index (χ3v) is 6.67. The zero-order valence-corrected chi connectivity index (χ0v) is 19.1. The Morgan fingerprint density at radius 1 is 0.371 bits per heavy atom. The van der Waals surface area contributed by atoms with Crippen LogP contribution in [0, 0.1) is 0 Å². The van der Waals surface area contributed by atoms with Gasteiger partial charge in [-0.1, -0.05) is 109 Å². The monoisotopic (exact) mass is 450 g/mol. The van der Waals surface area contributed by atoms with Crippen LogP contribution in [0.4, 0.5) is 0 Å². The van der Waals surface area contributed by atoms with Crippen LogP contribution in [-0.4, -0.2) is 17.2 Å². The van der Waals surface area contributed by atoms with Crippen molar-refractivity contribution in [1.82, 2.24) is 0 Å². The number of benzene rings is 6. The average Bonchev–Trinajstić information content (AvgIpc) is 2.92. The van der Waals surface area contributed by atoms with Gasteiger partial charge < -0.3 is 10.0 Å². The molecule has 6 aromatic rings. The molecule has 6 rings (SSSR count). The van der Waals surface area contributed by atoms with E-state index in [2.05, 4.69) is 78.9 Å². The molecule has 0 aliphatic rings. The molecule has 0 radical (unpaired) electrons. The Morgan fingerprint density at radius 2 is 0.743 bits per heavy atom. The van der Waals surface area contributed by atoms with Gasteiger partial charge in [-0.3, -0.25) is 0 Å². The molecule has 0 atom stereocenters. The van der Waals surface area contributed by atoms with Gasteiger partial charge in [-0.05, 0) is 78.6 Å². The predicted octanol–water partition coefficient (Wildman–Crippen LogP) is 6.67. The molecule has 0 saturated carbocycles. The van der Waals surface area contributed by atoms with E-state index in [1.54, 1.807) is 0 Å². The van der Waals surface area contributed by atoms with Crippen LogP contribution >= 0.6 is 0 Å². The van der Waals surface area contributed by atoms with Crippen LogP contribution in [0.25, 0.3) is 54.9 Å². The summed E-state index contributed by atoms with van der Waals surface area (Å²) < 4.78 is 0. The Morgan fingerprint density at radius 3 is 1.17 bits per heavy atom. The highest BCUT2D eigenvalue weighted by Crippen LogP contribution is 2.39. The molecule has 2 nitrogen and oxygen atoms in total. The van der Waals surface area contributed by atoms with E-state index < -0.39 is 7.12 Å². The molecule has 0 heterocycles. The Kier molecular flexibility index (Phi) is 5.42. The second-order valence-electron chi connectivity index (χ2n) is 8.78. The quantitative estimate of drug-likeness (QED) is 0.233. The first-order valence-electron chi connectivity index (χ1n) is 11.8. The van der Waals surface area contributed by atoms with Crippen molar-refractivity contribution in [3.05, 3.63) is 127 Å². The molecule has 6 aromatic carbocycles. The molecule has 2 N–H and O–H groups in total. The van der Waals surface area contributed by atoms with Gasteiger partial charge in [0, 0.05) is 0 Å². The second kappa shape index (κ2) is 8.88. The topological polar surface area (TPSA) is 40.5 Å². The van der Waals surface area contributed by atoms with E-state index in [0.29, 0.717) is 5.46 Å². The Hall–Kier alpha value is -4.18. The lowest BCUT2D eigenvalue weighted by Gasteiger charge is -2.18. The molecule has 35 heavy (non-hydrogen) atoms. The van der Waals surface area contributed by atoms with E-state index in [1.807, 2.05) is 48.5 Å². The first-order valence-corrected chi connectivity index (χ1v) is 11.8. The van der Waals surface area contributed by atoms with Crippen molar-refractivity contribution >= 4 is 34.1 Å². The van der Waals surface area contributed by atoms with Gasteiger partial charge in [-0.15, -0.1) is 0 Å². The number of hydrogen-bond donors (Lipinski definition) is 2. The lowest BCUT2D eigenvalue weighted by atomic mass is 9.72. The van der Waals surface area contributed by atoms with Crippen molar-refractivity contribution in [2.24, 2.45) is 0 Å². The highest BCUT2D eigenvalue weighted by molar-refractivity contribution is 6.66. The molecule has 0 aliphatic heterocycles. The fourth-order valence-electron chi connectivity index (χ4n) is 5.12. The van der Waals surface area contributed by atoms with Crippen LogP contribution in [0.2, 0.25) is 0 Å². The van der Waals surface area contributed by atoms with Crippen LogP contribution in [-0.2, 0) is 0 Å². The van der Waals surface area contributed by atoms with E-state index in [1.165, 1.54) is 0 Å². The normalized spacial score (nSPS) is 11.1. The molecule has 3 heteroatoms. The molecule has 0 fully saturated rings. The fraction of sp³-hybridized carbons (Fsp3) is 0. The molecule has 0 aliphatic carbocycles. The summed E-state index contributed by atoms with van der Waals surface area (Å²) in [6.45, 7) is 0. The lowest BCUT2D eigenvalue weighted by Crippen LogP contribution is -2.31. The van der Waals surface area contributed by atoms with Crippen LogP contribution in [0.1, 0.15) is 0 Å². The third kappa shape index (κ3) is 3.81. The van der Waals surface area contributed by atoms with Gasteiger partial charge in [0.25, 0.3) is 0 Å². The van der Waals surface area contributed by atoms with Crippen LogP contribution in [0.15, 0.2) is 127 Å². The summed E-state index contributed by atoms with van der Waals surface area (Å²) in [5.41, 5.74) is 7.32. The first-order chi connectivity index (χ1) is 17.2. The number of hydrogen-bond acceptors (Lipinski definition) is 2. The molecule has 0 unspecified atom stereocenters. The molecule has 166 valence electrons.